The number of aromatic nitrogens is 2. The lowest BCUT2D eigenvalue weighted by Gasteiger charge is -2.06. The van der Waals surface area contributed by atoms with E-state index in [-0.39, 0.29) is 0 Å². The molecule has 3 rings (SSSR count). The van der Waals surface area contributed by atoms with Gasteiger partial charge in [-0.2, -0.15) is 5.10 Å². The van der Waals surface area contributed by atoms with Crippen molar-refractivity contribution in [2.45, 2.75) is 13.3 Å². The first-order valence-corrected chi connectivity index (χ1v) is 4.97. The first-order chi connectivity index (χ1) is 7.74. The Hall–Kier alpha value is -2.24. The SMILES string of the molecule is CC1=NNC(=C2C=c3c(N)n[nH]c3=CC2)O1. The maximum atomic E-state index is 5.74. The quantitative estimate of drug-likeness (QED) is 0.526. The summed E-state index contributed by atoms with van der Waals surface area (Å²) in [4.78, 5) is 0. The van der Waals surface area contributed by atoms with Crippen LogP contribution in [0.1, 0.15) is 13.3 Å². The van der Waals surface area contributed by atoms with Gasteiger partial charge in [-0.05, 0) is 12.5 Å². The van der Waals surface area contributed by atoms with Gasteiger partial charge in [-0.3, -0.25) is 5.10 Å². The first kappa shape index (κ1) is 9.02. The van der Waals surface area contributed by atoms with Crippen LogP contribution in [0.3, 0.4) is 0 Å². The molecule has 2 aliphatic rings. The molecule has 1 aromatic rings. The maximum Gasteiger partial charge on any atom is 0.218 e. The van der Waals surface area contributed by atoms with Crippen LogP contribution in [-0.2, 0) is 4.74 Å². The van der Waals surface area contributed by atoms with E-state index >= 15 is 0 Å². The van der Waals surface area contributed by atoms with Gasteiger partial charge in [-0.1, -0.05) is 6.08 Å². The van der Waals surface area contributed by atoms with Gasteiger partial charge < -0.3 is 10.5 Å². The predicted octanol–water partition coefficient (Wildman–Crippen LogP) is -0.879. The molecule has 4 N–H and O–H groups in total. The second-order valence-electron chi connectivity index (χ2n) is 3.69. The number of nitrogen functional groups attached to an aromatic ring is 1. The molecule has 0 unspecified atom stereocenters. The van der Waals surface area contributed by atoms with Crippen LogP contribution in [0.2, 0.25) is 0 Å². The van der Waals surface area contributed by atoms with Crippen LogP contribution in [0.15, 0.2) is 16.6 Å². The molecule has 1 aliphatic heterocycles. The molecular formula is C10H11N5O. The topological polar surface area (TPSA) is 88.3 Å². The second kappa shape index (κ2) is 3.13. The average molecular weight is 217 g/mol. The zero-order valence-corrected chi connectivity index (χ0v) is 8.74. The highest BCUT2D eigenvalue weighted by atomic mass is 16.5. The van der Waals surface area contributed by atoms with E-state index in [4.69, 9.17) is 10.5 Å². The number of anilines is 1. The number of aromatic amines is 1. The van der Waals surface area contributed by atoms with Crippen molar-refractivity contribution in [2.24, 2.45) is 5.10 Å². The lowest BCUT2D eigenvalue weighted by molar-refractivity contribution is 0.408. The van der Waals surface area contributed by atoms with Crippen LogP contribution in [0.4, 0.5) is 5.82 Å². The standard InChI is InChI=1S/C10H11N5O/c1-5-12-15-10(16-5)6-2-3-8-7(4-6)9(11)14-13-8/h3-4,13,15H,2H2,1H3,(H2,11,14). The number of nitrogens with zero attached hydrogens (tertiary/aromatic N) is 2. The van der Waals surface area contributed by atoms with E-state index in [2.05, 4.69) is 20.7 Å². The van der Waals surface area contributed by atoms with Crippen LogP contribution in [0.5, 0.6) is 0 Å². The van der Waals surface area contributed by atoms with Gasteiger partial charge in [0.2, 0.25) is 11.8 Å². The Kier molecular flexibility index (Phi) is 1.76. The average Bonchev–Trinajstić information content (AvgIpc) is 2.86. The molecule has 82 valence electrons. The minimum atomic E-state index is 0.500. The Morgan fingerprint density at radius 1 is 1.50 bits per heavy atom. The van der Waals surface area contributed by atoms with Gasteiger partial charge in [0.15, 0.2) is 5.82 Å². The molecule has 1 aliphatic carbocycles. The van der Waals surface area contributed by atoms with Gasteiger partial charge in [-0.15, -0.1) is 5.10 Å². The molecule has 16 heavy (non-hydrogen) atoms. The summed E-state index contributed by atoms with van der Waals surface area (Å²) in [7, 11) is 0. The highest BCUT2D eigenvalue weighted by Crippen LogP contribution is 2.16. The molecule has 0 spiro atoms. The summed E-state index contributed by atoms with van der Waals surface area (Å²) in [6.45, 7) is 1.80. The maximum absolute atomic E-state index is 5.74. The summed E-state index contributed by atoms with van der Waals surface area (Å²) >= 11 is 0. The van der Waals surface area contributed by atoms with Crippen LogP contribution in [0, 0.1) is 0 Å². The summed E-state index contributed by atoms with van der Waals surface area (Å²) in [5.74, 6) is 1.78. The molecule has 0 saturated heterocycles. The van der Waals surface area contributed by atoms with Crippen molar-refractivity contribution in [3.05, 3.63) is 22.0 Å². The summed E-state index contributed by atoms with van der Waals surface area (Å²) in [6.07, 6.45) is 4.75. The molecule has 0 amide bonds. The van der Waals surface area contributed by atoms with Crippen molar-refractivity contribution in [3.8, 4) is 0 Å². The Morgan fingerprint density at radius 3 is 3.12 bits per heavy atom. The minimum Gasteiger partial charge on any atom is -0.424 e. The number of hydrogen-bond donors (Lipinski definition) is 3. The molecule has 0 aromatic carbocycles. The molecule has 2 heterocycles. The van der Waals surface area contributed by atoms with Crippen molar-refractivity contribution in [1.82, 2.24) is 15.6 Å². The molecule has 1 aromatic heterocycles. The fraction of sp³-hybridized carbons (Fsp3) is 0.200. The fourth-order valence-electron chi connectivity index (χ4n) is 1.75. The fourth-order valence-corrected chi connectivity index (χ4v) is 1.75. The number of hydrazone groups is 1. The number of ether oxygens (including phenoxy) is 1. The number of nitrogens with two attached hydrogens (primary N) is 1. The number of rotatable bonds is 0. The predicted molar refractivity (Wildman–Crippen MR) is 60.2 cm³/mol. The molecule has 0 fully saturated rings. The number of hydrogen-bond acceptors (Lipinski definition) is 5. The van der Waals surface area contributed by atoms with Crippen LogP contribution in [0.25, 0.3) is 12.2 Å². The molecule has 0 atom stereocenters. The highest BCUT2D eigenvalue weighted by Gasteiger charge is 2.15. The smallest absolute Gasteiger partial charge is 0.218 e. The van der Waals surface area contributed by atoms with Gasteiger partial charge in [0, 0.05) is 17.7 Å². The van der Waals surface area contributed by atoms with Crippen molar-refractivity contribution in [3.63, 3.8) is 0 Å². The minimum absolute atomic E-state index is 0.500. The third-order valence-electron chi connectivity index (χ3n) is 2.56. The normalized spacial score (nSPS) is 22.4. The molecule has 6 heteroatoms. The van der Waals surface area contributed by atoms with Crippen LogP contribution >= 0.6 is 0 Å². The summed E-state index contributed by atoms with van der Waals surface area (Å²) < 4.78 is 5.43. The third-order valence-corrected chi connectivity index (χ3v) is 2.56. The molecule has 0 bridgehead atoms. The Bertz CT molecular complexity index is 622. The Balaban J connectivity index is 2.10. The van der Waals surface area contributed by atoms with Crippen molar-refractivity contribution < 1.29 is 4.74 Å². The second-order valence-corrected chi connectivity index (χ2v) is 3.69. The summed E-state index contributed by atoms with van der Waals surface area (Å²) in [6, 6.07) is 0. The molecule has 0 saturated carbocycles. The van der Waals surface area contributed by atoms with E-state index in [1.165, 1.54) is 0 Å². The lowest BCUT2D eigenvalue weighted by Crippen LogP contribution is -2.27. The van der Waals surface area contributed by atoms with E-state index in [0.717, 1.165) is 22.6 Å². The number of nitrogens with one attached hydrogen (secondary N) is 2. The Morgan fingerprint density at radius 2 is 2.38 bits per heavy atom. The molecule has 0 radical (unpaired) electrons. The molecule has 6 nitrogen and oxygen atoms in total. The van der Waals surface area contributed by atoms with Gasteiger partial charge in [0.05, 0.1) is 5.35 Å². The van der Waals surface area contributed by atoms with E-state index in [9.17, 15) is 0 Å². The van der Waals surface area contributed by atoms with E-state index in [0.29, 0.717) is 17.6 Å². The van der Waals surface area contributed by atoms with Crippen molar-refractivity contribution in [1.29, 1.82) is 0 Å². The van der Waals surface area contributed by atoms with Crippen LogP contribution < -0.4 is 21.7 Å². The number of allylic oxidation sites excluding steroid dienone is 1. The van der Waals surface area contributed by atoms with Crippen molar-refractivity contribution in [2.75, 3.05) is 5.73 Å². The van der Waals surface area contributed by atoms with Gasteiger partial charge in [0.25, 0.3) is 0 Å². The van der Waals surface area contributed by atoms with E-state index in [1.807, 2.05) is 12.2 Å². The number of fused-ring (bicyclic) bond motifs is 1. The molecular weight excluding hydrogens is 206 g/mol. The highest BCUT2D eigenvalue weighted by molar-refractivity contribution is 5.76. The third kappa shape index (κ3) is 1.27. The van der Waals surface area contributed by atoms with E-state index < -0.39 is 0 Å². The lowest BCUT2D eigenvalue weighted by atomic mass is 10.1. The summed E-state index contributed by atoms with van der Waals surface area (Å²) in [5.41, 5.74) is 9.60. The zero-order valence-electron chi connectivity index (χ0n) is 8.74. The van der Waals surface area contributed by atoms with Gasteiger partial charge >= 0.3 is 0 Å². The largest absolute Gasteiger partial charge is 0.424 e. The van der Waals surface area contributed by atoms with Gasteiger partial charge in [0.1, 0.15) is 0 Å². The number of H-pyrrole nitrogens is 1. The summed E-state index contributed by atoms with van der Waals surface area (Å²) in [5, 5.41) is 12.6. The Labute approximate surface area is 91.2 Å². The zero-order chi connectivity index (χ0) is 11.1. The van der Waals surface area contributed by atoms with E-state index in [1.54, 1.807) is 6.92 Å². The van der Waals surface area contributed by atoms with Crippen molar-refractivity contribution >= 4 is 23.9 Å². The first-order valence-electron chi connectivity index (χ1n) is 4.97. The monoisotopic (exact) mass is 217 g/mol. The van der Waals surface area contributed by atoms with Crippen LogP contribution in [-0.4, -0.2) is 16.1 Å². The van der Waals surface area contributed by atoms with Gasteiger partial charge in [-0.25, -0.2) is 5.43 Å².